The van der Waals surface area contributed by atoms with Gasteiger partial charge in [-0.2, -0.15) is 25.3 Å². The summed E-state index contributed by atoms with van der Waals surface area (Å²) in [6.45, 7) is 22.9. The second kappa shape index (κ2) is 46.8. The van der Waals surface area contributed by atoms with Gasteiger partial charge in [-0.05, 0) is 132 Å². The molecule has 0 aliphatic heterocycles. The van der Waals surface area contributed by atoms with E-state index in [0.29, 0.717) is 48.9 Å². The Morgan fingerprint density at radius 3 is 1.13 bits per heavy atom. The SMILES string of the molecule is CN=P(c1ccccc1)(c1ccccc1)c1ccccc1.COc1ccc(C(C)(C)c2ccc(OS(=O)(=O)CCN(CCc3ccc(OC)c(OC)c3)CCS(C)(=O)=O)cc2)cc1.COc1ccc(CCN(CCF)CCS(=O)(=O)F)cc1OC.Cc1ccc(C(C)(C)c2ccc(O[Si](C)(C)C(C)(C)C)cc2)cc1.F.O=S=O.[F-]. The van der Waals surface area contributed by atoms with Crippen LogP contribution in [-0.4, -0.2) is 164 Å². The van der Waals surface area contributed by atoms with Gasteiger partial charge >= 0.3 is 31.9 Å². The Balaban J connectivity index is 0.000000404. The summed E-state index contributed by atoms with van der Waals surface area (Å²) in [5.41, 5.74) is 7.60. The number of nitrogens with zero attached hydrogens (tertiary/aromatic N) is 3. The number of hydrogen-bond donors (Lipinski definition) is 0. The smallest absolute Gasteiger partial charge is 0.335 e. The molecule has 9 aromatic carbocycles. The molecule has 0 radical (unpaired) electrons. The Bertz CT molecular complexity index is 4700. The number of rotatable bonds is 33. The van der Waals surface area contributed by atoms with Crippen LogP contribution in [0, 0.1) is 6.92 Å². The van der Waals surface area contributed by atoms with E-state index in [4.69, 9.17) is 45.5 Å². The number of halogens is 4. The minimum Gasteiger partial charge on any atom is -1.00 e. The third kappa shape index (κ3) is 31.2. The summed E-state index contributed by atoms with van der Waals surface area (Å²) in [5, 5.41) is 4.10. The third-order valence-electron chi connectivity index (χ3n) is 19.6. The second-order valence-corrected chi connectivity index (χ2v) is 42.7. The topological polar surface area (TPSA) is 220 Å². The monoisotopic (exact) mass is 1690 g/mol. The molecule has 0 aliphatic rings. The van der Waals surface area contributed by atoms with Crippen LogP contribution in [0.15, 0.2) is 229 Å². The van der Waals surface area contributed by atoms with Crippen LogP contribution in [0.5, 0.6) is 40.2 Å². The fourth-order valence-electron chi connectivity index (χ4n) is 11.7. The number of aryl methyl sites for hydroxylation is 1. The van der Waals surface area contributed by atoms with Crippen molar-refractivity contribution in [1.29, 1.82) is 0 Å². The summed E-state index contributed by atoms with van der Waals surface area (Å²) < 4.78 is 155. The van der Waals surface area contributed by atoms with Crippen molar-refractivity contribution < 1.29 is 83.6 Å². The molecule has 0 fully saturated rings. The largest absolute Gasteiger partial charge is 1.00 e. The zero-order valence-corrected chi connectivity index (χ0v) is 73.6. The first-order valence-electron chi connectivity index (χ1n) is 36.5. The Morgan fingerprint density at radius 1 is 0.456 bits per heavy atom. The maximum atomic E-state index is 12.9. The molecular weight excluding hydrogens is 1580 g/mol. The lowest BCUT2D eigenvalue weighted by Crippen LogP contribution is -3.00. The van der Waals surface area contributed by atoms with E-state index in [9.17, 15) is 33.5 Å². The van der Waals surface area contributed by atoms with Crippen LogP contribution in [0.25, 0.3) is 0 Å². The minimum atomic E-state index is -4.54. The third-order valence-corrected chi connectivity index (χ3v) is 30.5. The molecular formula is C86H113F4N3O15PS4Si-. The lowest BCUT2D eigenvalue weighted by atomic mass is 9.78. The van der Waals surface area contributed by atoms with Gasteiger partial charge in [-0.15, -0.1) is 3.89 Å². The lowest BCUT2D eigenvalue weighted by Gasteiger charge is -2.36. The van der Waals surface area contributed by atoms with Crippen molar-refractivity contribution in [3.8, 4) is 40.2 Å². The number of hydrogen-bond acceptors (Lipinski definition) is 18. The number of alkyl halides is 1. The van der Waals surface area contributed by atoms with Gasteiger partial charge in [0.05, 0.1) is 59.9 Å². The molecule has 18 nitrogen and oxygen atoms in total. The summed E-state index contributed by atoms with van der Waals surface area (Å²) in [5.74, 6) is 3.38. The van der Waals surface area contributed by atoms with Crippen molar-refractivity contribution in [3.63, 3.8) is 0 Å². The zero-order valence-electron chi connectivity index (χ0n) is 68.4. The minimum absolute atomic E-state index is 0. The molecule has 9 aromatic rings. The van der Waals surface area contributed by atoms with E-state index >= 15 is 0 Å². The molecule has 0 N–H and O–H groups in total. The highest BCUT2D eigenvalue weighted by atomic mass is 32.3. The van der Waals surface area contributed by atoms with Gasteiger partial charge in [0.15, 0.2) is 23.0 Å². The van der Waals surface area contributed by atoms with Gasteiger partial charge in [0.1, 0.15) is 33.8 Å². The predicted octanol–water partition coefficient (Wildman–Crippen LogP) is 13.1. The van der Waals surface area contributed by atoms with Gasteiger partial charge in [0.25, 0.3) is 0 Å². The number of sulfone groups is 1. The van der Waals surface area contributed by atoms with Gasteiger partial charge in [0.2, 0.25) is 8.32 Å². The lowest BCUT2D eigenvalue weighted by molar-refractivity contribution is -0.0000377. The van der Waals surface area contributed by atoms with E-state index in [-0.39, 0.29) is 68.7 Å². The predicted molar refractivity (Wildman–Crippen MR) is 458 cm³/mol. The van der Waals surface area contributed by atoms with Gasteiger partial charge < -0.3 is 41.9 Å². The molecule has 624 valence electrons. The van der Waals surface area contributed by atoms with E-state index in [2.05, 4.69) is 208 Å². The molecule has 114 heavy (non-hydrogen) atoms. The van der Waals surface area contributed by atoms with Crippen LogP contribution >= 0.6 is 7.05 Å². The van der Waals surface area contributed by atoms with E-state index < -0.39 is 69.5 Å². The number of methoxy groups -OCH3 is 5. The summed E-state index contributed by atoms with van der Waals surface area (Å²) in [4.78, 5) is 3.40. The number of ether oxygens (including phenoxy) is 5. The molecule has 0 unspecified atom stereocenters. The van der Waals surface area contributed by atoms with Crippen molar-refractivity contribution in [2.45, 2.75) is 97.2 Å². The number of benzene rings is 9. The molecule has 28 heteroatoms. The van der Waals surface area contributed by atoms with E-state index in [0.717, 1.165) is 33.8 Å². The molecule has 0 heterocycles. The highest BCUT2D eigenvalue weighted by molar-refractivity contribution is 7.90. The van der Waals surface area contributed by atoms with Crippen LogP contribution in [0.3, 0.4) is 0 Å². The Labute approximate surface area is 679 Å². The Kier molecular flexibility index (Phi) is 40.8. The first-order chi connectivity index (χ1) is 52.9. The highest BCUT2D eigenvalue weighted by Gasteiger charge is 2.39. The normalized spacial score (nSPS) is 11.7. The maximum Gasteiger partial charge on any atom is 0.335 e. The Hall–Kier alpha value is -8.66. The quantitative estimate of drug-likeness (QED) is 0.0123. The standard InChI is InChI=1S/C31H41NO8S2.C22H32OSi.C19H18NP.C14H21F2NO4S.2FH.O2S/c1-31(2,25-8-12-27(37-3)13-9-25)26-10-14-28(15-11-26)40-42(35,36)22-20-32(19-21-41(6,33)34)18-17-24-7-16-29(38-4)30(23-24)39-5;1-17-9-11-18(12-10-17)22(5,6)19-13-15-20(16-14-19)23-24(7,8)21(2,3)4;1-20-21(17-11-5-2-6-12-17,18-13-7-3-8-14-18)19-15-9-4-10-16-19;1-20-13-4-3-12(11-14(13)21-2)5-7-17(8-6-15)9-10-22(16,18)19;;;1-3-2/h7-16,23H,17-22H2,1-6H3;9-16H,1-8H3;2-16H,1H3;3-4,11H,5-10H2,1-2H3;2*1H;/p-1. The van der Waals surface area contributed by atoms with Crippen molar-refractivity contribution in [3.05, 3.63) is 263 Å². The van der Waals surface area contributed by atoms with Crippen molar-refractivity contribution in [2.24, 2.45) is 4.74 Å². The summed E-state index contributed by atoms with van der Waals surface area (Å²) in [6.07, 6.45) is 2.29. The molecule has 0 aliphatic carbocycles. The molecule has 0 bridgehead atoms. The van der Waals surface area contributed by atoms with Crippen LogP contribution in [0.2, 0.25) is 18.1 Å². The van der Waals surface area contributed by atoms with Crippen LogP contribution < -0.4 is 52.9 Å². The van der Waals surface area contributed by atoms with Gasteiger partial charge in [0, 0.05) is 79.3 Å². The first kappa shape index (κ1) is 99.5. The molecule has 0 saturated carbocycles. The summed E-state index contributed by atoms with van der Waals surface area (Å²) in [7, 11) is -5.64. The van der Waals surface area contributed by atoms with Crippen molar-refractivity contribution >= 4 is 73.0 Å². The van der Waals surface area contributed by atoms with Crippen molar-refractivity contribution in [2.75, 3.05) is 112 Å². The van der Waals surface area contributed by atoms with Gasteiger partial charge in [-0.1, -0.05) is 218 Å². The molecule has 0 saturated heterocycles. The van der Waals surface area contributed by atoms with E-state index in [1.54, 1.807) is 56.6 Å². The van der Waals surface area contributed by atoms with E-state index in [1.807, 2.05) is 66.5 Å². The van der Waals surface area contributed by atoms with Gasteiger partial charge in [-0.25, -0.2) is 12.8 Å². The highest BCUT2D eigenvalue weighted by Crippen LogP contribution is 2.46. The average molecular weight is 1690 g/mol. The van der Waals surface area contributed by atoms with Crippen LogP contribution in [0.4, 0.5) is 13.0 Å². The molecule has 9 rings (SSSR count). The molecule has 0 atom stereocenters. The van der Waals surface area contributed by atoms with Gasteiger partial charge in [-0.3, -0.25) is 14.3 Å². The fourth-order valence-corrected chi connectivity index (χ4v) is 18.2. The molecule has 0 amide bonds. The van der Waals surface area contributed by atoms with Crippen LogP contribution in [0.1, 0.15) is 87.4 Å². The van der Waals surface area contributed by atoms with Crippen LogP contribution in [-0.2, 0) is 65.4 Å². The first-order valence-corrected chi connectivity index (χ1v) is 47.0. The Morgan fingerprint density at radius 2 is 0.798 bits per heavy atom. The van der Waals surface area contributed by atoms with E-state index in [1.165, 1.54) is 53.1 Å². The van der Waals surface area contributed by atoms with Crippen molar-refractivity contribution in [1.82, 2.24) is 9.80 Å². The zero-order chi connectivity index (χ0) is 83.0. The maximum absolute atomic E-state index is 12.9. The summed E-state index contributed by atoms with van der Waals surface area (Å²) in [6, 6.07) is 75.3. The molecule has 0 spiro atoms. The molecule has 0 aromatic heterocycles. The average Bonchev–Trinajstić information content (AvgIpc) is 0.583. The fraction of sp³-hybridized carbons (Fsp3) is 0.372. The second-order valence-electron chi connectivity index (χ2n) is 29.1. The summed E-state index contributed by atoms with van der Waals surface area (Å²) >= 11 is -0.750.